The topological polar surface area (TPSA) is 55.2 Å². The lowest BCUT2D eigenvalue weighted by Crippen LogP contribution is -2.36. The number of ether oxygens (including phenoxy) is 2. The predicted molar refractivity (Wildman–Crippen MR) is 115 cm³/mol. The molecule has 0 spiro atoms. The van der Waals surface area contributed by atoms with Gasteiger partial charge in [0.25, 0.3) is 0 Å². The molecule has 1 fully saturated rings. The van der Waals surface area contributed by atoms with Crippen LogP contribution in [0, 0.1) is 0 Å². The molecule has 6 heteroatoms. The van der Waals surface area contributed by atoms with E-state index in [9.17, 15) is 4.79 Å². The smallest absolute Gasteiger partial charge is 0.323 e. The predicted octanol–water partition coefficient (Wildman–Crippen LogP) is 3.71. The number of rotatable bonds is 6. The second kappa shape index (κ2) is 9.49. The average molecular weight is 411 g/mol. The first kappa shape index (κ1) is 20.7. The highest BCUT2D eigenvalue weighted by Gasteiger charge is 2.31. The fourth-order valence-electron chi connectivity index (χ4n) is 4.40. The van der Waals surface area contributed by atoms with E-state index in [1.807, 2.05) is 12.1 Å². The molecule has 0 N–H and O–H groups in total. The first-order chi connectivity index (χ1) is 14.6. The van der Waals surface area contributed by atoms with Gasteiger partial charge in [-0.2, -0.15) is 0 Å². The number of methoxy groups -OCH3 is 1. The first-order valence-corrected chi connectivity index (χ1v) is 10.6. The molecule has 3 heterocycles. The maximum absolute atomic E-state index is 12.0. The van der Waals surface area contributed by atoms with Crippen molar-refractivity contribution < 1.29 is 18.7 Å². The molecule has 0 amide bonds. The maximum atomic E-state index is 12.0. The first-order valence-electron chi connectivity index (χ1n) is 10.6. The summed E-state index contributed by atoms with van der Waals surface area (Å²) < 4.78 is 16.4. The van der Waals surface area contributed by atoms with Crippen LogP contribution in [0.3, 0.4) is 0 Å². The van der Waals surface area contributed by atoms with Gasteiger partial charge >= 0.3 is 5.97 Å². The van der Waals surface area contributed by atoms with E-state index in [1.54, 1.807) is 6.26 Å². The SMILES string of the molecule is COC(=O)[C@@H]1CCCN1Cc1ccc2c(c1)CN(C/C(C)=C/c1ccco1)CCO2. The van der Waals surface area contributed by atoms with Gasteiger partial charge in [0, 0.05) is 31.7 Å². The van der Waals surface area contributed by atoms with Crippen LogP contribution in [0.4, 0.5) is 0 Å². The highest BCUT2D eigenvalue weighted by atomic mass is 16.5. The van der Waals surface area contributed by atoms with Crippen molar-refractivity contribution >= 4 is 12.0 Å². The highest BCUT2D eigenvalue weighted by molar-refractivity contribution is 5.76. The van der Waals surface area contributed by atoms with Crippen LogP contribution in [-0.2, 0) is 22.6 Å². The van der Waals surface area contributed by atoms with Gasteiger partial charge in [0.05, 0.1) is 13.4 Å². The van der Waals surface area contributed by atoms with Gasteiger partial charge < -0.3 is 13.9 Å². The minimum absolute atomic E-state index is 0.129. The Bertz CT molecular complexity index is 891. The van der Waals surface area contributed by atoms with E-state index in [0.29, 0.717) is 6.61 Å². The zero-order valence-electron chi connectivity index (χ0n) is 17.8. The molecule has 1 saturated heterocycles. The van der Waals surface area contributed by atoms with Crippen molar-refractivity contribution in [3.63, 3.8) is 0 Å². The number of fused-ring (bicyclic) bond motifs is 1. The second-order valence-electron chi connectivity index (χ2n) is 8.16. The average Bonchev–Trinajstić information content (AvgIpc) is 3.36. The number of benzene rings is 1. The number of furan rings is 1. The van der Waals surface area contributed by atoms with Gasteiger partial charge in [0.2, 0.25) is 0 Å². The molecule has 0 saturated carbocycles. The van der Waals surface area contributed by atoms with Crippen molar-refractivity contribution in [2.75, 3.05) is 33.4 Å². The van der Waals surface area contributed by atoms with Crippen LogP contribution >= 0.6 is 0 Å². The molecule has 4 rings (SSSR count). The van der Waals surface area contributed by atoms with E-state index in [4.69, 9.17) is 13.9 Å². The van der Waals surface area contributed by atoms with Gasteiger partial charge in [-0.05, 0) is 62.2 Å². The summed E-state index contributed by atoms with van der Waals surface area (Å²) in [6.07, 6.45) is 5.68. The molecule has 1 aromatic carbocycles. The number of hydrogen-bond acceptors (Lipinski definition) is 6. The Morgan fingerprint density at radius 1 is 1.30 bits per heavy atom. The van der Waals surface area contributed by atoms with Crippen molar-refractivity contribution in [3.05, 3.63) is 59.1 Å². The molecule has 1 aromatic heterocycles. The van der Waals surface area contributed by atoms with Crippen LogP contribution in [0.2, 0.25) is 0 Å². The molecule has 0 aliphatic carbocycles. The summed E-state index contributed by atoms with van der Waals surface area (Å²) in [5, 5.41) is 0. The van der Waals surface area contributed by atoms with Gasteiger partial charge in [0.1, 0.15) is 24.2 Å². The molecule has 2 aromatic rings. The van der Waals surface area contributed by atoms with Crippen LogP contribution in [0.25, 0.3) is 6.08 Å². The Morgan fingerprint density at radius 2 is 2.20 bits per heavy atom. The summed E-state index contributed by atoms with van der Waals surface area (Å²) in [5.74, 6) is 1.71. The van der Waals surface area contributed by atoms with E-state index >= 15 is 0 Å². The Morgan fingerprint density at radius 3 is 3.00 bits per heavy atom. The number of likely N-dealkylation sites (tertiary alicyclic amines) is 1. The summed E-state index contributed by atoms with van der Waals surface area (Å²) >= 11 is 0. The third kappa shape index (κ3) is 4.94. The molecular weight excluding hydrogens is 380 g/mol. The van der Waals surface area contributed by atoms with E-state index in [-0.39, 0.29) is 12.0 Å². The second-order valence-corrected chi connectivity index (χ2v) is 8.16. The van der Waals surface area contributed by atoms with Crippen molar-refractivity contribution in [2.24, 2.45) is 0 Å². The molecule has 30 heavy (non-hydrogen) atoms. The molecule has 2 aliphatic rings. The summed E-state index contributed by atoms with van der Waals surface area (Å²) in [5.41, 5.74) is 3.66. The largest absolute Gasteiger partial charge is 0.492 e. The summed E-state index contributed by atoms with van der Waals surface area (Å²) in [4.78, 5) is 16.7. The van der Waals surface area contributed by atoms with Crippen LogP contribution in [0.1, 0.15) is 36.7 Å². The lowest BCUT2D eigenvalue weighted by molar-refractivity contribution is -0.146. The fourth-order valence-corrected chi connectivity index (χ4v) is 4.40. The Balaban J connectivity index is 1.44. The Labute approximate surface area is 178 Å². The lowest BCUT2D eigenvalue weighted by atomic mass is 10.1. The van der Waals surface area contributed by atoms with Gasteiger partial charge in [-0.3, -0.25) is 14.6 Å². The molecule has 2 aliphatic heterocycles. The summed E-state index contributed by atoms with van der Waals surface area (Å²) in [7, 11) is 1.47. The third-order valence-electron chi connectivity index (χ3n) is 5.81. The summed E-state index contributed by atoms with van der Waals surface area (Å²) in [6, 6.07) is 10.2. The van der Waals surface area contributed by atoms with Gasteiger partial charge in [-0.1, -0.05) is 11.6 Å². The third-order valence-corrected chi connectivity index (χ3v) is 5.81. The zero-order valence-corrected chi connectivity index (χ0v) is 17.8. The standard InChI is InChI=1S/C24H30N2O4/c1-18(13-21-5-4-11-29-21)15-25-10-12-30-23-8-7-19(14-20(23)17-25)16-26-9-3-6-22(26)24(27)28-2/h4-5,7-8,11,13-14,22H,3,6,9-10,12,15-17H2,1-2H3/b18-13+/t22-/m0/s1. The van der Waals surface area contributed by atoms with Gasteiger partial charge in [-0.25, -0.2) is 0 Å². The van der Waals surface area contributed by atoms with E-state index in [2.05, 4.69) is 41.0 Å². The van der Waals surface area contributed by atoms with E-state index in [1.165, 1.54) is 23.8 Å². The summed E-state index contributed by atoms with van der Waals surface area (Å²) in [6.45, 7) is 7.07. The molecule has 0 bridgehead atoms. The highest BCUT2D eigenvalue weighted by Crippen LogP contribution is 2.27. The van der Waals surface area contributed by atoms with Crippen molar-refractivity contribution in [3.8, 4) is 5.75 Å². The number of carbonyl (C=O) groups excluding carboxylic acids is 1. The Kier molecular flexibility index (Phi) is 6.55. The van der Waals surface area contributed by atoms with Crippen LogP contribution in [-0.4, -0.2) is 55.2 Å². The fraction of sp³-hybridized carbons (Fsp3) is 0.458. The molecule has 0 radical (unpaired) electrons. The zero-order chi connectivity index (χ0) is 20.9. The number of esters is 1. The molecular formula is C24H30N2O4. The van der Waals surface area contributed by atoms with E-state index in [0.717, 1.165) is 57.1 Å². The molecule has 1 atom stereocenters. The van der Waals surface area contributed by atoms with E-state index < -0.39 is 0 Å². The Hall–Kier alpha value is -2.57. The van der Waals surface area contributed by atoms with Gasteiger partial charge in [-0.15, -0.1) is 0 Å². The monoisotopic (exact) mass is 410 g/mol. The number of carbonyl (C=O) groups is 1. The van der Waals surface area contributed by atoms with Gasteiger partial charge in [0.15, 0.2) is 0 Å². The molecule has 6 nitrogen and oxygen atoms in total. The van der Waals surface area contributed by atoms with Crippen molar-refractivity contribution in [1.82, 2.24) is 9.80 Å². The quantitative estimate of drug-likeness (QED) is 0.677. The maximum Gasteiger partial charge on any atom is 0.323 e. The molecule has 0 unspecified atom stereocenters. The minimum Gasteiger partial charge on any atom is -0.492 e. The number of hydrogen-bond donors (Lipinski definition) is 0. The minimum atomic E-state index is -0.129. The number of nitrogens with zero attached hydrogens (tertiary/aromatic N) is 2. The van der Waals surface area contributed by atoms with Crippen LogP contribution in [0.5, 0.6) is 5.75 Å². The van der Waals surface area contributed by atoms with Crippen molar-refractivity contribution in [2.45, 2.75) is 38.9 Å². The van der Waals surface area contributed by atoms with Crippen LogP contribution < -0.4 is 4.74 Å². The normalized spacial score (nSPS) is 20.5. The van der Waals surface area contributed by atoms with Crippen molar-refractivity contribution in [1.29, 1.82) is 0 Å². The molecule has 160 valence electrons. The lowest BCUT2D eigenvalue weighted by Gasteiger charge is -2.23. The van der Waals surface area contributed by atoms with Crippen LogP contribution in [0.15, 0.2) is 46.6 Å².